The number of para-hydroxylation sites is 1. The van der Waals surface area contributed by atoms with Gasteiger partial charge in [-0.2, -0.15) is 10.4 Å². The Balaban J connectivity index is 1.33. The first-order chi connectivity index (χ1) is 16.7. The third-order valence-corrected chi connectivity index (χ3v) is 6.16. The van der Waals surface area contributed by atoms with E-state index in [0.29, 0.717) is 29.9 Å². The van der Waals surface area contributed by atoms with Gasteiger partial charge in [0.05, 0.1) is 22.9 Å². The molecule has 1 fully saturated rings. The molecule has 0 N–H and O–H groups in total. The molecule has 34 heavy (non-hydrogen) atoms. The van der Waals surface area contributed by atoms with Crippen LogP contribution >= 0.6 is 0 Å². The Morgan fingerprint density at radius 2 is 1.50 bits per heavy atom. The first-order valence-electron chi connectivity index (χ1n) is 11.4. The van der Waals surface area contributed by atoms with Gasteiger partial charge in [0, 0.05) is 44.5 Å². The van der Waals surface area contributed by atoms with Crippen LogP contribution in [0.15, 0.2) is 91.1 Å². The summed E-state index contributed by atoms with van der Waals surface area (Å²) in [6.45, 7) is 3.76. The van der Waals surface area contributed by atoms with E-state index >= 15 is 0 Å². The molecular formula is C28H25N5O. The van der Waals surface area contributed by atoms with E-state index < -0.39 is 0 Å². The molecule has 3 aromatic carbocycles. The van der Waals surface area contributed by atoms with Crippen LogP contribution in [0.25, 0.3) is 16.9 Å². The second-order valence-corrected chi connectivity index (χ2v) is 8.41. The van der Waals surface area contributed by atoms with Gasteiger partial charge in [0.25, 0.3) is 5.91 Å². The van der Waals surface area contributed by atoms with Crippen LogP contribution < -0.4 is 0 Å². The number of nitriles is 1. The molecule has 4 aromatic rings. The van der Waals surface area contributed by atoms with Gasteiger partial charge in [-0.1, -0.05) is 60.7 Å². The highest BCUT2D eigenvalue weighted by Crippen LogP contribution is 2.25. The van der Waals surface area contributed by atoms with Gasteiger partial charge in [-0.05, 0) is 29.8 Å². The normalized spacial score (nSPS) is 14.0. The van der Waals surface area contributed by atoms with Crippen molar-refractivity contribution in [1.82, 2.24) is 19.6 Å². The predicted octanol–water partition coefficient (Wildman–Crippen LogP) is 4.37. The van der Waals surface area contributed by atoms with E-state index in [1.54, 1.807) is 4.68 Å². The summed E-state index contributed by atoms with van der Waals surface area (Å²) in [5.74, 6) is 0.0130. The number of aromatic nitrogens is 2. The Morgan fingerprint density at radius 3 is 2.15 bits per heavy atom. The molecule has 1 saturated heterocycles. The summed E-state index contributed by atoms with van der Waals surface area (Å²) in [6.07, 6.45) is 1.85. The van der Waals surface area contributed by atoms with Crippen LogP contribution in [0.4, 0.5) is 0 Å². The summed E-state index contributed by atoms with van der Waals surface area (Å²) in [7, 11) is 0. The molecule has 0 saturated carbocycles. The van der Waals surface area contributed by atoms with Crippen LogP contribution in [-0.4, -0.2) is 51.7 Å². The highest BCUT2D eigenvalue weighted by atomic mass is 16.2. The highest BCUT2D eigenvalue weighted by Gasteiger charge is 2.26. The Labute approximate surface area is 199 Å². The molecule has 2 heterocycles. The van der Waals surface area contributed by atoms with Crippen LogP contribution in [0.2, 0.25) is 0 Å². The minimum Gasteiger partial charge on any atom is -0.336 e. The molecular weight excluding hydrogens is 422 g/mol. The van der Waals surface area contributed by atoms with E-state index in [1.807, 2.05) is 96.0 Å². The van der Waals surface area contributed by atoms with E-state index in [9.17, 15) is 4.79 Å². The van der Waals surface area contributed by atoms with E-state index in [4.69, 9.17) is 10.4 Å². The Kier molecular flexibility index (Phi) is 6.19. The summed E-state index contributed by atoms with van der Waals surface area (Å²) in [5.41, 5.74) is 5.02. The lowest BCUT2D eigenvalue weighted by molar-refractivity contribution is 0.0629. The zero-order chi connectivity index (χ0) is 23.3. The molecule has 1 aliphatic heterocycles. The molecule has 1 amide bonds. The Hall–Kier alpha value is -4.21. The molecule has 5 rings (SSSR count). The van der Waals surface area contributed by atoms with E-state index in [0.717, 1.165) is 30.9 Å². The molecule has 0 spiro atoms. The average molecular weight is 448 g/mol. The van der Waals surface area contributed by atoms with Crippen LogP contribution in [0, 0.1) is 11.3 Å². The first-order valence-corrected chi connectivity index (χ1v) is 11.4. The first kappa shape index (κ1) is 21.6. The third-order valence-electron chi connectivity index (χ3n) is 6.16. The molecule has 0 atom stereocenters. The number of hydrogen-bond acceptors (Lipinski definition) is 4. The summed E-state index contributed by atoms with van der Waals surface area (Å²) < 4.78 is 1.79. The van der Waals surface area contributed by atoms with E-state index in [1.165, 1.54) is 5.56 Å². The van der Waals surface area contributed by atoms with Crippen molar-refractivity contribution in [2.75, 3.05) is 26.2 Å². The minimum atomic E-state index is 0.0130. The van der Waals surface area contributed by atoms with Crippen molar-refractivity contribution >= 4 is 5.91 Å². The van der Waals surface area contributed by atoms with E-state index in [-0.39, 0.29) is 5.91 Å². The third kappa shape index (κ3) is 4.61. The fourth-order valence-electron chi connectivity index (χ4n) is 4.27. The van der Waals surface area contributed by atoms with Gasteiger partial charge in [0.15, 0.2) is 0 Å². The standard InChI is InChI=1S/C28H25N5O/c29-19-22-11-13-23(14-12-22)20-31-15-17-32(18-16-31)28(34)26-21-33(25-9-5-2-6-10-25)30-27(26)24-7-3-1-4-8-24/h1-14,21H,15-18,20H2. The fourth-order valence-corrected chi connectivity index (χ4v) is 4.27. The monoisotopic (exact) mass is 447 g/mol. The van der Waals surface area contributed by atoms with Crippen LogP contribution in [0.5, 0.6) is 0 Å². The van der Waals surface area contributed by atoms with E-state index in [2.05, 4.69) is 11.0 Å². The lowest BCUT2D eigenvalue weighted by Gasteiger charge is -2.34. The lowest BCUT2D eigenvalue weighted by Crippen LogP contribution is -2.48. The average Bonchev–Trinajstić information content (AvgIpc) is 3.36. The second-order valence-electron chi connectivity index (χ2n) is 8.41. The summed E-state index contributed by atoms with van der Waals surface area (Å²) in [6, 6.07) is 29.6. The number of nitrogens with zero attached hydrogens (tertiary/aromatic N) is 5. The molecule has 0 unspecified atom stereocenters. The molecule has 1 aromatic heterocycles. The quantitative estimate of drug-likeness (QED) is 0.456. The largest absolute Gasteiger partial charge is 0.336 e. The van der Waals surface area contributed by atoms with Crippen LogP contribution in [0.3, 0.4) is 0 Å². The number of carbonyl (C=O) groups excluding carboxylic acids is 1. The van der Waals surface area contributed by atoms with Crippen molar-refractivity contribution in [3.05, 3.63) is 108 Å². The number of hydrogen-bond donors (Lipinski definition) is 0. The lowest BCUT2D eigenvalue weighted by atomic mass is 10.1. The zero-order valence-electron chi connectivity index (χ0n) is 18.8. The summed E-state index contributed by atoms with van der Waals surface area (Å²) in [5, 5.41) is 13.8. The number of amides is 1. The topological polar surface area (TPSA) is 65.2 Å². The Morgan fingerprint density at radius 1 is 0.853 bits per heavy atom. The molecule has 1 aliphatic rings. The van der Waals surface area contributed by atoms with Gasteiger partial charge in [-0.25, -0.2) is 4.68 Å². The van der Waals surface area contributed by atoms with Crippen molar-refractivity contribution in [2.45, 2.75) is 6.54 Å². The van der Waals surface area contributed by atoms with Crippen molar-refractivity contribution in [3.63, 3.8) is 0 Å². The highest BCUT2D eigenvalue weighted by molar-refractivity contribution is 6.00. The van der Waals surface area contributed by atoms with Crippen molar-refractivity contribution in [3.8, 4) is 23.0 Å². The Bertz CT molecular complexity index is 1300. The smallest absolute Gasteiger partial charge is 0.257 e. The maximum Gasteiger partial charge on any atom is 0.257 e. The molecule has 0 bridgehead atoms. The molecule has 0 radical (unpaired) electrons. The minimum absolute atomic E-state index is 0.0130. The van der Waals surface area contributed by atoms with Gasteiger partial charge in [0.1, 0.15) is 5.69 Å². The second kappa shape index (κ2) is 9.74. The fraction of sp³-hybridized carbons (Fsp3) is 0.179. The van der Waals surface area contributed by atoms with Crippen molar-refractivity contribution in [2.24, 2.45) is 0 Å². The van der Waals surface area contributed by atoms with Crippen molar-refractivity contribution in [1.29, 1.82) is 5.26 Å². The van der Waals surface area contributed by atoms with Crippen LogP contribution in [0.1, 0.15) is 21.5 Å². The summed E-state index contributed by atoms with van der Waals surface area (Å²) >= 11 is 0. The molecule has 168 valence electrons. The van der Waals surface area contributed by atoms with Crippen LogP contribution in [-0.2, 0) is 6.54 Å². The van der Waals surface area contributed by atoms with Gasteiger partial charge in [-0.3, -0.25) is 9.69 Å². The number of rotatable bonds is 5. The number of carbonyl (C=O) groups is 1. The van der Waals surface area contributed by atoms with Crippen molar-refractivity contribution < 1.29 is 4.79 Å². The predicted molar refractivity (Wildman–Crippen MR) is 131 cm³/mol. The van der Waals surface area contributed by atoms with Gasteiger partial charge in [-0.15, -0.1) is 0 Å². The molecule has 6 nitrogen and oxygen atoms in total. The molecule has 0 aliphatic carbocycles. The zero-order valence-corrected chi connectivity index (χ0v) is 18.8. The van der Waals surface area contributed by atoms with Gasteiger partial charge >= 0.3 is 0 Å². The van der Waals surface area contributed by atoms with Gasteiger partial charge < -0.3 is 4.90 Å². The maximum atomic E-state index is 13.6. The number of benzene rings is 3. The maximum absolute atomic E-state index is 13.6. The van der Waals surface area contributed by atoms with Gasteiger partial charge in [0.2, 0.25) is 0 Å². The summed E-state index contributed by atoms with van der Waals surface area (Å²) in [4.78, 5) is 17.9. The number of piperazine rings is 1. The SMILES string of the molecule is N#Cc1ccc(CN2CCN(C(=O)c3cn(-c4ccccc4)nc3-c3ccccc3)CC2)cc1. The molecule has 6 heteroatoms.